The first-order valence-corrected chi connectivity index (χ1v) is 7.84. The van der Waals surface area contributed by atoms with Gasteiger partial charge in [0.25, 0.3) is 10.0 Å². The molecule has 0 fully saturated rings. The van der Waals surface area contributed by atoms with Crippen molar-refractivity contribution in [2.24, 2.45) is 0 Å². The van der Waals surface area contributed by atoms with Crippen LogP contribution in [0.15, 0.2) is 39.8 Å². The van der Waals surface area contributed by atoms with Crippen molar-refractivity contribution >= 4 is 48.9 Å². The molecule has 5 nitrogen and oxygen atoms in total. The fraction of sp³-hybridized carbons (Fsp3) is 0. The van der Waals surface area contributed by atoms with Crippen molar-refractivity contribution in [2.45, 2.75) is 4.90 Å². The SMILES string of the molecule is Nc1cc(F)ccc1S(=O)(=O)Nc1cc(Br)cnc1Cl. The third kappa shape index (κ3) is 3.20. The highest BCUT2D eigenvalue weighted by Crippen LogP contribution is 2.27. The molecule has 2 aromatic rings. The molecule has 1 heterocycles. The minimum Gasteiger partial charge on any atom is -0.398 e. The van der Waals surface area contributed by atoms with E-state index >= 15 is 0 Å². The van der Waals surface area contributed by atoms with E-state index < -0.39 is 15.8 Å². The van der Waals surface area contributed by atoms with E-state index in [0.29, 0.717) is 4.47 Å². The van der Waals surface area contributed by atoms with Crippen molar-refractivity contribution in [1.29, 1.82) is 0 Å². The van der Waals surface area contributed by atoms with Gasteiger partial charge in [-0.2, -0.15) is 0 Å². The normalized spacial score (nSPS) is 11.3. The summed E-state index contributed by atoms with van der Waals surface area (Å²) in [6.45, 7) is 0. The molecule has 0 saturated heterocycles. The molecular formula is C11H8BrClFN3O2S. The largest absolute Gasteiger partial charge is 0.398 e. The molecule has 0 radical (unpaired) electrons. The van der Waals surface area contributed by atoms with E-state index in [1.54, 1.807) is 0 Å². The van der Waals surface area contributed by atoms with Gasteiger partial charge in [0.15, 0.2) is 5.15 Å². The zero-order valence-corrected chi connectivity index (χ0v) is 12.9. The second-order valence-corrected chi connectivity index (χ2v) is 6.70. The van der Waals surface area contributed by atoms with Crippen LogP contribution in [0.3, 0.4) is 0 Å². The zero-order valence-electron chi connectivity index (χ0n) is 9.77. The van der Waals surface area contributed by atoms with E-state index in [0.717, 1.165) is 18.2 Å². The van der Waals surface area contributed by atoms with Crippen LogP contribution in [-0.2, 0) is 10.0 Å². The van der Waals surface area contributed by atoms with Gasteiger partial charge >= 0.3 is 0 Å². The lowest BCUT2D eigenvalue weighted by atomic mass is 10.3. The molecule has 0 amide bonds. The summed E-state index contributed by atoms with van der Waals surface area (Å²) < 4.78 is 40.1. The Hall–Kier alpha value is -1.38. The molecule has 0 aliphatic carbocycles. The number of anilines is 2. The quantitative estimate of drug-likeness (QED) is 0.633. The number of hydrogen-bond donors (Lipinski definition) is 2. The van der Waals surface area contributed by atoms with E-state index in [1.165, 1.54) is 12.3 Å². The number of nitrogens with one attached hydrogen (secondary N) is 1. The highest BCUT2D eigenvalue weighted by Gasteiger charge is 2.19. The van der Waals surface area contributed by atoms with Gasteiger partial charge in [0.05, 0.1) is 11.4 Å². The number of nitrogens with zero attached hydrogens (tertiary/aromatic N) is 1. The van der Waals surface area contributed by atoms with Crippen LogP contribution in [0.25, 0.3) is 0 Å². The fourth-order valence-corrected chi connectivity index (χ4v) is 3.17. The summed E-state index contributed by atoms with van der Waals surface area (Å²) in [7, 11) is -3.99. The third-order valence-electron chi connectivity index (χ3n) is 2.31. The van der Waals surface area contributed by atoms with Crippen LogP contribution in [0.5, 0.6) is 0 Å². The minimum atomic E-state index is -3.99. The van der Waals surface area contributed by atoms with E-state index in [1.807, 2.05) is 0 Å². The van der Waals surface area contributed by atoms with Crippen LogP contribution in [0.1, 0.15) is 0 Å². The number of hydrogen-bond acceptors (Lipinski definition) is 4. The van der Waals surface area contributed by atoms with Crippen molar-refractivity contribution in [3.8, 4) is 0 Å². The Morgan fingerprint density at radius 3 is 2.70 bits per heavy atom. The van der Waals surface area contributed by atoms with Crippen LogP contribution < -0.4 is 10.5 Å². The smallest absolute Gasteiger partial charge is 0.264 e. The lowest BCUT2D eigenvalue weighted by Crippen LogP contribution is -2.15. The van der Waals surface area contributed by atoms with Gasteiger partial charge in [0, 0.05) is 10.7 Å². The number of halogens is 3. The Morgan fingerprint density at radius 1 is 1.35 bits per heavy atom. The first kappa shape index (κ1) is 15.0. The molecule has 0 unspecified atom stereocenters. The van der Waals surface area contributed by atoms with E-state index in [4.69, 9.17) is 17.3 Å². The predicted octanol–water partition coefficient (Wildman–Crippen LogP) is 3.02. The maximum absolute atomic E-state index is 12.9. The molecule has 0 aliphatic heterocycles. The second kappa shape index (κ2) is 5.55. The Labute approximate surface area is 128 Å². The number of pyridine rings is 1. The van der Waals surface area contributed by atoms with Crippen LogP contribution >= 0.6 is 27.5 Å². The molecule has 106 valence electrons. The Morgan fingerprint density at radius 2 is 2.05 bits per heavy atom. The molecule has 1 aromatic heterocycles. The number of nitrogens with two attached hydrogens (primary N) is 1. The van der Waals surface area contributed by atoms with Gasteiger partial charge < -0.3 is 5.73 Å². The summed E-state index contributed by atoms with van der Waals surface area (Å²) in [6, 6.07) is 4.46. The maximum Gasteiger partial charge on any atom is 0.264 e. The van der Waals surface area contributed by atoms with Gasteiger partial charge in [-0.05, 0) is 40.2 Å². The molecule has 9 heteroatoms. The van der Waals surface area contributed by atoms with E-state index in [-0.39, 0.29) is 21.4 Å². The standard InChI is InChI=1S/C11H8BrClFN3O2S/c12-6-3-9(11(13)16-5-6)17-20(18,19)10-2-1-7(14)4-8(10)15/h1-5,17H,15H2. The molecule has 0 aliphatic rings. The predicted molar refractivity (Wildman–Crippen MR) is 78.6 cm³/mol. The third-order valence-corrected chi connectivity index (χ3v) is 4.49. The summed E-state index contributed by atoms with van der Waals surface area (Å²) in [5.74, 6) is -0.622. The van der Waals surface area contributed by atoms with Crippen molar-refractivity contribution in [1.82, 2.24) is 4.98 Å². The van der Waals surface area contributed by atoms with Crippen LogP contribution in [0.4, 0.5) is 15.8 Å². The lowest BCUT2D eigenvalue weighted by molar-refractivity contribution is 0.600. The first-order valence-electron chi connectivity index (χ1n) is 5.18. The monoisotopic (exact) mass is 379 g/mol. The average Bonchev–Trinajstić information content (AvgIpc) is 2.33. The first-order chi connectivity index (χ1) is 9.29. The summed E-state index contributed by atoms with van der Waals surface area (Å²) in [6.07, 6.45) is 1.42. The molecule has 0 bridgehead atoms. The topological polar surface area (TPSA) is 85.1 Å². The summed E-state index contributed by atoms with van der Waals surface area (Å²) >= 11 is 8.96. The molecule has 2 rings (SSSR count). The summed E-state index contributed by atoms with van der Waals surface area (Å²) in [4.78, 5) is 3.55. The van der Waals surface area contributed by atoms with Gasteiger partial charge in [-0.15, -0.1) is 0 Å². The molecule has 1 aromatic carbocycles. The van der Waals surface area contributed by atoms with Gasteiger partial charge in [-0.25, -0.2) is 17.8 Å². The molecule has 0 atom stereocenters. The average molecular weight is 381 g/mol. The fourth-order valence-electron chi connectivity index (χ4n) is 1.46. The molecule has 0 saturated carbocycles. The van der Waals surface area contributed by atoms with Crippen molar-refractivity contribution in [2.75, 3.05) is 10.5 Å². The summed E-state index contributed by atoms with van der Waals surface area (Å²) in [5.41, 5.74) is 5.40. The zero-order chi connectivity index (χ0) is 14.9. The van der Waals surface area contributed by atoms with Crippen molar-refractivity contribution in [3.63, 3.8) is 0 Å². The molecule has 3 N–H and O–H groups in total. The number of rotatable bonds is 3. The summed E-state index contributed by atoms with van der Waals surface area (Å²) in [5, 5.41) is -0.0162. The highest BCUT2D eigenvalue weighted by molar-refractivity contribution is 9.10. The van der Waals surface area contributed by atoms with Gasteiger partial charge in [-0.3, -0.25) is 4.72 Å². The second-order valence-electron chi connectivity index (χ2n) is 3.78. The molecule has 0 spiro atoms. The minimum absolute atomic E-state index is 0.0162. The van der Waals surface area contributed by atoms with Crippen LogP contribution in [0, 0.1) is 5.82 Å². The molecular weight excluding hydrogens is 373 g/mol. The lowest BCUT2D eigenvalue weighted by Gasteiger charge is -2.11. The van der Waals surface area contributed by atoms with Crippen molar-refractivity contribution < 1.29 is 12.8 Å². The van der Waals surface area contributed by atoms with E-state index in [9.17, 15) is 12.8 Å². The highest BCUT2D eigenvalue weighted by atomic mass is 79.9. The van der Waals surface area contributed by atoms with E-state index in [2.05, 4.69) is 25.6 Å². The Bertz CT molecular complexity index is 770. The maximum atomic E-state index is 12.9. The van der Waals surface area contributed by atoms with Gasteiger partial charge in [0.2, 0.25) is 0 Å². The van der Waals surface area contributed by atoms with Gasteiger partial charge in [0.1, 0.15) is 10.7 Å². The van der Waals surface area contributed by atoms with Gasteiger partial charge in [-0.1, -0.05) is 11.6 Å². The number of aromatic nitrogens is 1. The number of sulfonamides is 1. The van der Waals surface area contributed by atoms with Crippen molar-refractivity contribution in [3.05, 3.63) is 45.9 Å². The van der Waals surface area contributed by atoms with Crippen LogP contribution in [0.2, 0.25) is 5.15 Å². The Balaban J connectivity index is 2.43. The number of nitrogen functional groups attached to an aromatic ring is 1. The number of benzene rings is 1. The van der Waals surface area contributed by atoms with Crippen LogP contribution in [-0.4, -0.2) is 13.4 Å². The molecule has 20 heavy (non-hydrogen) atoms. The Kier molecular flexibility index (Phi) is 4.17.